The van der Waals surface area contributed by atoms with Gasteiger partial charge in [0, 0.05) is 6.42 Å². The van der Waals surface area contributed by atoms with Crippen molar-refractivity contribution in [1.29, 1.82) is 5.26 Å². The summed E-state index contributed by atoms with van der Waals surface area (Å²) in [5.41, 5.74) is 4.83. The molecule has 0 rings (SSSR count). The van der Waals surface area contributed by atoms with Crippen molar-refractivity contribution < 1.29 is 23.1 Å². The number of nitrogens with one attached hydrogen (secondary N) is 1. The first-order chi connectivity index (χ1) is 7.70. The van der Waals surface area contributed by atoms with Crippen molar-refractivity contribution >= 4 is 21.9 Å². The van der Waals surface area contributed by atoms with Gasteiger partial charge in [-0.2, -0.15) is 9.98 Å². The predicted molar refractivity (Wildman–Crippen MR) is 57.0 cm³/mol. The molecule has 0 saturated heterocycles. The van der Waals surface area contributed by atoms with E-state index in [1.54, 1.807) is 0 Å². The van der Waals surface area contributed by atoms with E-state index in [0.29, 0.717) is 0 Å². The van der Waals surface area contributed by atoms with Crippen molar-refractivity contribution in [3.8, 4) is 6.07 Å². The van der Waals surface area contributed by atoms with E-state index in [4.69, 9.17) is 16.1 Å². The Hall–Kier alpha value is -1.66. The van der Waals surface area contributed by atoms with Crippen molar-refractivity contribution in [2.24, 2.45) is 5.73 Å². The molecule has 2 unspecified atom stereocenters. The molecular formula is C8H13N3O5S. The number of hydrogen-bond donors (Lipinski definition) is 3. The molecule has 17 heavy (non-hydrogen) atoms. The Morgan fingerprint density at radius 2 is 2.06 bits per heavy atom. The Morgan fingerprint density at radius 1 is 1.53 bits per heavy atom. The molecule has 1 amide bonds. The number of amides is 1. The Balaban J connectivity index is 4.73. The van der Waals surface area contributed by atoms with E-state index in [1.165, 1.54) is 6.07 Å². The smallest absolute Gasteiger partial charge is 0.321 e. The second kappa shape index (κ2) is 6.17. The summed E-state index contributed by atoms with van der Waals surface area (Å²) in [5, 5.41) is 15.8. The molecule has 0 aliphatic carbocycles. The van der Waals surface area contributed by atoms with Gasteiger partial charge in [0.25, 0.3) is 0 Å². The predicted octanol–water partition coefficient (Wildman–Crippen LogP) is -1.46. The number of carboxylic acid groups (broad SMARTS) is 1. The molecule has 9 heteroatoms. The van der Waals surface area contributed by atoms with Crippen LogP contribution in [0.3, 0.4) is 0 Å². The van der Waals surface area contributed by atoms with Crippen molar-refractivity contribution in [2.75, 3.05) is 0 Å². The molecule has 2 atom stereocenters. The highest BCUT2D eigenvalue weighted by Crippen LogP contribution is 2.03. The second-order valence-electron chi connectivity index (χ2n) is 3.33. The summed E-state index contributed by atoms with van der Waals surface area (Å²) < 4.78 is 24.7. The third kappa shape index (κ3) is 5.28. The maximum atomic E-state index is 11.4. The highest BCUT2D eigenvalue weighted by Gasteiger charge is 2.28. The number of carboxylic acids is 1. The third-order valence-corrected chi connectivity index (χ3v) is 3.58. The van der Waals surface area contributed by atoms with Crippen molar-refractivity contribution in [2.45, 2.75) is 31.1 Å². The third-order valence-electron chi connectivity index (χ3n) is 1.93. The molecule has 0 aromatic carbocycles. The number of nitrogens with two attached hydrogens (primary N) is 1. The van der Waals surface area contributed by atoms with Gasteiger partial charge < -0.3 is 10.8 Å². The van der Waals surface area contributed by atoms with Crippen molar-refractivity contribution in [1.82, 2.24) is 4.72 Å². The number of sulfonamides is 1. The van der Waals surface area contributed by atoms with Crippen LogP contribution < -0.4 is 10.5 Å². The lowest BCUT2D eigenvalue weighted by Gasteiger charge is -2.14. The molecule has 4 N–H and O–H groups in total. The molecule has 0 bridgehead atoms. The summed E-state index contributed by atoms with van der Waals surface area (Å²) in [4.78, 5) is 21.2. The SMILES string of the molecule is CC(C#N)S(=O)(=O)NC(CCC(N)=O)C(=O)O. The first-order valence-electron chi connectivity index (χ1n) is 4.62. The molecule has 0 aromatic rings. The van der Waals surface area contributed by atoms with Crippen molar-refractivity contribution in [3.05, 3.63) is 0 Å². The summed E-state index contributed by atoms with van der Waals surface area (Å²) in [6, 6.07) is 0.0102. The lowest BCUT2D eigenvalue weighted by molar-refractivity contribution is -0.139. The first kappa shape index (κ1) is 15.3. The lowest BCUT2D eigenvalue weighted by atomic mass is 10.2. The van der Waals surface area contributed by atoms with E-state index in [-0.39, 0.29) is 12.8 Å². The number of carbonyl (C=O) groups is 2. The Bertz CT molecular complexity index is 439. The van der Waals surface area contributed by atoms with E-state index in [0.717, 1.165) is 6.92 Å². The molecule has 0 aromatic heterocycles. The molecule has 0 saturated carbocycles. The summed E-state index contributed by atoms with van der Waals surface area (Å²) in [6.07, 6.45) is -0.525. The molecule has 0 radical (unpaired) electrons. The van der Waals surface area contributed by atoms with Gasteiger partial charge >= 0.3 is 5.97 Å². The summed E-state index contributed by atoms with van der Waals surface area (Å²) >= 11 is 0. The average molecular weight is 263 g/mol. The van der Waals surface area contributed by atoms with Crippen LogP contribution in [-0.2, 0) is 19.6 Å². The zero-order chi connectivity index (χ0) is 13.6. The Kier molecular flexibility index (Phi) is 5.57. The van der Waals surface area contributed by atoms with Gasteiger partial charge in [0.1, 0.15) is 6.04 Å². The Morgan fingerprint density at radius 3 is 2.41 bits per heavy atom. The highest BCUT2D eigenvalue weighted by atomic mass is 32.2. The van der Waals surface area contributed by atoms with Gasteiger partial charge in [-0.1, -0.05) is 0 Å². The topological polar surface area (TPSA) is 150 Å². The van der Waals surface area contributed by atoms with Crippen LogP contribution in [0.5, 0.6) is 0 Å². The van der Waals surface area contributed by atoms with Gasteiger partial charge in [-0.3, -0.25) is 9.59 Å². The van der Waals surface area contributed by atoms with Gasteiger partial charge in [0.05, 0.1) is 6.07 Å². The van der Waals surface area contributed by atoms with Crippen LogP contribution >= 0.6 is 0 Å². The number of nitriles is 1. The first-order valence-corrected chi connectivity index (χ1v) is 6.17. The number of rotatable bonds is 7. The van der Waals surface area contributed by atoms with Gasteiger partial charge in [-0.25, -0.2) is 8.42 Å². The number of hydrogen-bond acceptors (Lipinski definition) is 5. The standard InChI is InChI=1S/C8H13N3O5S/c1-5(4-9)17(15,16)11-6(8(13)14)2-3-7(10)12/h5-6,11H,2-3H2,1H3,(H2,10,12)(H,13,14). The van der Waals surface area contributed by atoms with E-state index >= 15 is 0 Å². The highest BCUT2D eigenvalue weighted by molar-refractivity contribution is 7.90. The number of primary amides is 1. The maximum absolute atomic E-state index is 11.4. The van der Waals surface area contributed by atoms with Gasteiger partial charge in [0.15, 0.2) is 5.25 Å². The quantitative estimate of drug-likeness (QED) is 0.510. The summed E-state index contributed by atoms with van der Waals surface area (Å²) in [6.45, 7) is 1.12. The van der Waals surface area contributed by atoms with Crippen molar-refractivity contribution in [3.63, 3.8) is 0 Å². The van der Waals surface area contributed by atoms with E-state index in [1.807, 2.05) is 4.72 Å². The second-order valence-corrected chi connectivity index (χ2v) is 5.36. The van der Waals surface area contributed by atoms with E-state index < -0.39 is 33.2 Å². The van der Waals surface area contributed by atoms with Crippen LogP contribution in [-0.4, -0.2) is 36.7 Å². The average Bonchev–Trinajstić information content (AvgIpc) is 2.22. The minimum absolute atomic E-state index is 0.262. The van der Waals surface area contributed by atoms with Crippen LogP contribution in [0.2, 0.25) is 0 Å². The van der Waals surface area contributed by atoms with Gasteiger partial charge in [0.2, 0.25) is 15.9 Å². The van der Waals surface area contributed by atoms with Crippen LogP contribution in [0.4, 0.5) is 0 Å². The zero-order valence-corrected chi connectivity index (χ0v) is 9.90. The van der Waals surface area contributed by atoms with Crippen LogP contribution in [0, 0.1) is 11.3 Å². The molecule has 0 fully saturated rings. The Labute approximate surface area is 98.5 Å². The largest absolute Gasteiger partial charge is 0.480 e. The molecular weight excluding hydrogens is 250 g/mol. The van der Waals surface area contributed by atoms with E-state index in [9.17, 15) is 18.0 Å². The van der Waals surface area contributed by atoms with Gasteiger partial charge in [-0.15, -0.1) is 0 Å². The number of nitrogens with zero attached hydrogens (tertiary/aromatic N) is 1. The lowest BCUT2D eigenvalue weighted by Crippen LogP contribution is -2.44. The molecule has 0 heterocycles. The molecule has 0 aliphatic heterocycles. The molecule has 8 nitrogen and oxygen atoms in total. The summed E-state index contributed by atoms with van der Waals surface area (Å²) in [7, 11) is -4.05. The van der Waals surface area contributed by atoms with E-state index in [2.05, 4.69) is 0 Å². The fraction of sp³-hybridized carbons (Fsp3) is 0.625. The monoisotopic (exact) mass is 263 g/mol. The fourth-order valence-corrected chi connectivity index (χ4v) is 1.85. The maximum Gasteiger partial charge on any atom is 0.321 e. The minimum atomic E-state index is -4.05. The molecule has 96 valence electrons. The van der Waals surface area contributed by atoms with Crippen LogP contribution in [0.1, 0.15) is 19.8 Å². The van der Waals surface area contributed by atoms with Crippen LogP contribution in [0.15, 0.2) is 0 Å². The van der Waals surface area contributed by atoms with Crippen LogP contribution in [0.25, 0.3) is 0 Å². The normalized spacial score (nSPS) is 14.6. The summed E-state index contributed by atoms with van der Waals surface area (Å²) in [5.74, 6) is -2.16. The zero-order valence-electron chi connectivity index (χ0n) is 9.08. The van der Waals surface area contributed by atoms with Gasteiger partial charge in [-0.05, 0) is 13.3 Å². The molecule has 0 spiro atoms. The molecule has 0 aliphatic rings. The minimum Gasteiger partial charge on any atom is -0.480 e. The number of carbonyl (C=O) groups excluding carboxylic acids is 1. The number of aliphatic carboxylic acids is 1. The fourth-order valence-electron chi connectivity index (χ4n) is 0.889.